The van der Waals surface area contributed by atoms with Gasteiger partial charge in [0.15, 0.2) is 0 Å². The number of rotatable bonds is 6. The molecule has 0 fully saturated rings. The molecule has 2 N–H and O–H groups in total. The molecule has 0 spiro atoms. The number of carbonyl (C=O) groups is 2. The van der Waals surface area contributed by atoms with Crippen LogP contribution in [0.3, 0.4) is 0 Å². The van der Waals surface area contributed by atoms with Crippen LogP contribution in [0.4, 0.5) is 0 Å². The summed E-state index contributed by atoms with van der Waals surface area (Å²) < 4.78 is 37.2. The maximum atomic E-state index is 11.2. The zero-order valence-electron chi connectivity index (χ0n) is 23.8. The molecule has 0 aliphatic heterocycles. The van der Waals surface area contributed by atoms with Gasteiger partial charge in [-0.25, -0.2) is 0 Å². The van der Waals surface area contributed by atoms with Crippen LogP contribution >= 0.6 is 15.6 Å². The molecule has 2 unspecified atom stereocenters. The molecular formula is C15H32Na6O14P2. The smallest absolute Gasteiger partial charge is 0.870 e. The molecule has 2 atom stereocenters. The van der Waals surface area contributed by atoms with Gasteiger partial charge < -0.3 is 58.2 Å². The summed E-state index contributed by atoms with van der Waals surface area (Å²) in [4.78, 5) is 62.9. The van der Waals surface area contributed by atoms with Crippen molar-refractivity contribution in [2.45, 2.75) is 75.4 Å². The van der Waals surface area contributed by atoms with Gasteiger partial charge >= 0.3 is 189 Å². The Balaban J connectivity index is -0.0000000327. The minimum atomic E-state index is -5.11. The van der Waals surface area contributed by atoms with Gasteiger partial charge in [0.1, 0.15) is 0 Å². The SMILES string of the molecule is C.CC(OC(=O)C(C)(C)C)OP(=O)([O-])[O-].CC(OC(=O)C(C)(C)C)OP(=O)([O-])[O-].[Na+].[Na+].[Na+].[Na+].[Na+].[Na+].[OH-].[OH-]. The Morgan fingerprint density at radius 3 is 0.865 bits per heavy atom. The van der Waals surface area contributed by atoms with E-state index >= 15 is 0 Å². The van der Waals surface area contributed by atoms with Crippen molar-refractivity contribution in [2.24, 2.45) is 10.8 Å². The Hall–Kier alpha value is 5.08. The summed E-state index contributed by atoms with van der Waals surface area (Å²) in [5, 5.41) is 0. The van der Waals surface area contributed by atoms with E-state index in [9.17, 15) is 38.3 Å². The van der Waals surface area contributed by atoms with Crippen molar-refractivity contribution < 1.29 is 245 Å². The normalized spacial score (nSPS) is 11.4. The molecule has 0 aromatic carbocycles. The van der Waals surface area contributed by atoms with Crippen molar-refractivity contribution in [3.05, 3.63) is 0 Å². The Morgan fingerprint density at radius 2 is 0.757 bits per heavy atom. The Bertz CT molecular complexity index is 580. The van der Waals surface area contributed by atoms with E-state index in [4.69, 9.17) is 0 Å². The molecule has 0 radical (unpaired) electrons. The average Bonchev–Trinajstić information content (AvgIpc) is 2.31. The first-order chi connectivity index (χ1) is 12.0. The third-order valence-corrected chi connectivity index (χ3v) is 3.44. The predicted molar refractivity (Wildman–Crippen MR) is 98.0 cm³/mol. The number of phosphoric ester groups is 2. The molecule has 0 aliphatic rings. The minimum Gasteiger partial charge on any atom is -0.870 e. The summed E-state index contributed by atoms with van der Waals surface area (Å²) in [6.45, 7) is 11.9. The first-order valence-corrected chi connectivity index (χ1v) is 10.8. The topological polar surface area (TPSA) is 257 Å². The fourth-order valence-corrected chi connectivity index (χ4v) is 1.87. The van der Waals surface area contributed by atoms with E-state index in [1.807, 2.05) is 0 Å². The largest absolute Gasteiger partial charge is 1.00 e. The number of esters is 2. The molecule has 0 rings (SSSR count). The van der Waals surface area contributed by atoms with Gasteiger partial charge in [0.2, 0.25) is 12.6 Å². The van der Waals surface area contributed by atoms with Gasteiger partial charge in [-0.15, -0.1) is 0 Å². The van der Waals surface area contributed by atoms with Crippen LogP contribution in [0.2, 0.25) is 0 Å². The van der Waals surface area contributed by atoms with Gasteiger partial charge in [-0.3, -0.25) is 9.59 Å². The first kappa shape index (κ1) is 73.5. The van der Waals surface area contributed by atoms with Gasteiger partial charge in [-0.2, -0.15) is 0 Å². The van der Waals surface area contributed by atoms with Crippen molar-refractivity contribution >= 4 is 27.6 Å². The van der Waals surface area contributed by atoms with Gasteiger partial charge in [0.05, 0.1) is 26.5 Å². The van der Waals surface area contributed by atoms with Crippen LogP contribution in [0.1, 0.15) is 62.8 Å². The van der Waals surface area contributed by atoms with Crippen LogP contribution in [0.5, 0.6) is 0 Å². The molecule has 0 bridgehead atoms. The first-order valence-electron chi connectivity index (χ1n) is 7.87. The molecular weight excluding hydrogens is 604 g/mol. The second kappa shape index (κ2) is 32.5. The summed E-state index contributed by atoms with van der Waals surface area (Å²) in [7, 11) is -10.2. The van der Waals surface area contributed by atoms with E-state index in [2.05, 4.69) is 18.5 Å². The molecule has 0 saturated heterocycles. The van der Waals surface area contributed by atoms with E-state index in [1.54, 1.807) is 41.5 Å². The van der Waals surface area contributed by atoms with Crippen molar-refractivity contribution in [3.63, 3.8) is 0 Å². The predicted octanol–water partition coefficient (Wildman–Crippen LogP) is -18.2. The standard InChI is InChI=1S/2C7H15O6P.CH4.6Na.2H2O/c2*1-5(13-14(9,10)11)12-6(8)7(2,3)4;;;;;;;;;/h2*5H,1-4H3,(H2,9,10,11);1H4;;;;;;;2*1H2/q;;;6*+1;;/p-6. The van der Waals surface area contributed by atoms with E-state index in [-0.39, 0.29) is 196 Å². The summed E-state index contributed by atoms with van der Waals surface area (Å²) in [5.74, 6) is -1.28. The van der Waals surface area contributed by atoms with E-state index < -0.39 is 51.0 Å². The van der Waals surface area contributed by atoms with Crippen molar-refractivity contribution in [2.75, 3.05) is 0 Å². The third-order valence-electron chi connectivity index (χ3n) is 2.33. The van der Waals surface area contributed by atoms with Gasteiger partial charge in [0.25, 0.3) is 0 Å². The molecule has 0 heterocycles. The molecule has 0 aromatic heterocycles. The molecule has 22 heteroatoms. The average molecular weight is 636 g/mol. The number of carbonyl (C=O) groups excluding carboxylic acids is 2. The Morgan fingerprint density at radius 1 is 0.595 bits per heavy atom. The van der Waals surface area contributed by atoms with Gasteiger partial charge in [-0.1, -0.05) is 7.43 Å². The van der Waals surface area contributed by atoms with Gasteiger partial charge in [0, 0.05) is 0 Å². The van der Waals surface area contributed by atoms with Crippen LogP contribution in [-0.2, 0) is 37.2 Å². The van der Waals surface area contributed by atoms with Crippen molar-refractivity contribution in [3.8, 4) is 0 Å². The number of phosphoric acid groups is 2. The second-order valence-corrected chi connectivity index (χ2v) is 9.76. The summed E-state index contributed by atoms with van der Waals surface area (Å²) in [6.07, 6.45) is -2.77. The van der Waals surface area contributed by atoms with Crippen molar-refractivity contribution in [1.29, 1.82) is 0 Å². The third kappa shape index (κ3) is 51.0. The van der Waals surface area contributed by atoms with E-state index in [1.165, 1.54) is 0 Å². The maximum absolute atomic E-state index is 11.2. The maximum Gasteiger partial charge on any atom is 1.00 e. The van der Waals surface area contributed by atoms with Gasteiger partial charge in [-0.05, 0) is 55.4 Å². The summed E-state index contributed by atoms with van der Waals surface area (Å²) in [5.41, 5.74) is -1.54. The molecule has 14 nitrogen and oxygen atoms in total. The van der Waals surface area contributed by atoms with Crippen molar-refractivity contribution in [1.82, 2.24) is 0 Å². The fourth-order valence-electron chi connectivity index (χ4n) is 1.06. The zero-order chi connectivity index (χ0) is 23.1. The Labute approximate surface area is 352 Å². The second-order valence-electron chi connectivity index (χ2n) is 7.55. The number of hydrogen-bond acceptors (Lipinski definition) is 14. The zero-order valence-corrected chi connectivity index (χ0v) is 37.6. The fraction of sp³-hybridized carbons (Fsp3) is 0.867. The number of ether oxygens (including phenoxy) is 2. The van der Waals surface area contributed by atoms with Crippen LogP contribution in [0, 0.1) is 10.8 Å². The quantitative estimate of drug-likeness (QED) is 0.114. The molecule has 37 heavy (non-hydrogen) atoms. The molecule has 0 saturated carbocycles. The molecule has 192 valence electrons. The Kier molecular flexibility index (Phi) is 64.5. The molecule has 0 aromatic rings. The van der Waals surface area contributed by atoms with Crippen LogP contribution in [0.25, 0.3) is 0 Å². The molecule has 0 amide bonds. The van der Waals surface area contributed by atoms with E-state index in [0.717, 1.165) is 13.8 Å². The molecule has 0 aliphatic carbocycles. The van der Waals surface area contributed by atoms with E-state index in [0.29, 0.717) is 0 Å². The minimum absolute atomic E-state index is 0. The number of hydrogen-bond donors (Lipinski definition) is 0. The summed E-state index contributed by atoms with van der Waals surface area (Å²) >= 11 is 0. The summed E-state index contributed by atoms with van der Waals surface area (Å²) in [6, 6.07) is 0. The van der Waals surface area contributed by atoms with Crippen LogP contribution < -0.4 is 197 Å². The van der Waals surface area contributed by atoms with Crippen LogP contribution in [0.15, 0.2) is 0 Å². The van der Waals surface area contributed by atoms with Crippen LogP contribution in [-0.4, -0.2) is 35.5 Å². The monoisotopic (exact) mass is 636 g/mol.